The molecule has 0 bridgehead atoms. The van der Waals surface area contributed by atoms with Crippen molar-refractivity contribution in [2.75, 3.05) is 37.7 Å². The Morgan fingerprint density at radius 1 is 1.41 bits per heavy atom. The minimum absolute atomic E-state index is 0.0417. The number of nitrogens with two attached hydrogens (primary N) is 1. The highest BCUT2D eigenvalue weighted by Crippen LogP contribution is 2.11. The van der Waals surface area contributed by atoms with Crippen LogP contribution in [0, 0.1) is 0 Å². The quantitative estimate of drug-likeness (QED) is 0.723. The summed E-state index contributed by atoms with van der Waals surface area (Å²) in [7, 11) is -2.89. The molecule has 0 aromatic rings. The number of hydrogen-bond donors (Lipinski definition) is 1. The molecule has 1 aliphatic heterocycles. The second-order valence-electron chi connectivity index (χ2n) is 4.69. The standard InChI is InChI=1S/C11H24N2O3S/c1-3-5-17(14,15)6-4-13-8-11(7-12)16-9-10(13)2/h10-11H,3-9,12H2,1-2H3. The summed E-state index contributed by atoms with van der Waals surface area (Å²) in [6.45, 7) is 6.39. The Morgan fingerprint density at radius 2 is 2.12 bits per heavy atom. The molecular weight excluding hydrogens is 240 g/mol. The lowest BCUT2D eigenvalue weighted by atomic mass is 10.2. The molecule has 102 valence electrons. The van der Waals surface area contributed by atoms with Gasteiger partial charge in [-0.05, 0) is 13.3 Å². The molecule has 0 radical (unpaired) electrons. The molecule has 0 amide bonds. The van der Waals surface area contributed by atoms with Crippen LogP contribution in [0.5, 0.6) is 0 Å². The van der Waals surface area contributed by atoms with Crippen LogP contribution in [0.2, 0.25) is 0 Å². The van der Waals surface area contributed by atoms with E-state index in [1.807, 2.05) is 6.92 Å². The van der Waals surface area contributed by atoms with Crippen molar-refractivity contribution in [3.8, 4) is 0 Å². The lowest BCUT2D eigenvalue weighted by Crippen LogP contribution is -2.51. The highest BCUT2D eigenvalue weighted by atomic mass is 32.2. The minimum atomic E-state index is -2.89. The molecule has 2 atom stereocenters. The third-order valence-electron chi connectivity index (χ3n) is 3.10. The molecule has 2 N–H and O–H groups in total. The molecule has 6 heteroatoms. The molecule has 0 aliphatic carbocycles. The third kappa shape index (κ3) is 4.91. The van der Waals surface area contributed by atoms with Gasteiger partial charge in [-0.2, -0.15) is 0 Å². The monoisotopic (exact) mass is 264 g/mol. The van der Waals surface area contributed by atoms with Gasteiger partial charge in [0.15, 0.2) is 9.84 Å². The van der Waals surface area contributed by atoms with Gasteiger partial charge in [0.1, 0.15) is 0 Å². The normalized spacial score (nSPS) is 27.2. The van der Waals surface area contributed by atoms with E-state index >= 15 is 0 Å². The summed E-state index contributed by atoms with van der Waals surface area (Å²) in [4.78, 5) is 2.16. The molecule has 1 heterocycles. The fourth-order valence-electron chi connectivity index (χ4n) is 2.00. The fourth-order valence-corrected chi connectivity index (χ4v) is 3.34. The van der Waals surface area contributed by atoms with Crippen molar-refractivity contribution < 1.29 is 13.2 Å². The summed E-state index contributed by atoms with van der Waals surface area (Å²) >= 11 is 0. The number of rotatable bonds is 6. The molecule has 0 aromatic heterocycles. The van der Waals surface area contributed by atoms with E-state index in [0.717, 1.165) is 6.54 Å². The van der Waals surface area contributed by atoms with Crippen LogP contribution in [-0.2, 0) is 14.6 Å². The lowest BCUT2D eigenvalue weighted by Gasteiger charge is -2.37. The predicted molar refractivity (Wildman–Crippen MR) is 68.8 cm³/mol. The maximum Gasteiger partial charge on any atom is 0.151 e. The molecule has 0 aromatic carbocycles. The van der Waals surface area contributed by atoms with Crippen LogP contribution >= 0.6 is 0 Å². The summed E-state index contributed by atoms with van der Waals surface area (Å²) in [5.74, 6) is 0.522. The van der Waals surface area contributed by atoms with Crippen molar-refractivity contribution in [2.45, 2.75) is 32.4 Å². The Hall–Kier alpha value is -0.170. The molecule has 1 fully saturated rings. The van der Waals surface area contributed by atoms with Gasteiger partial charge < -0.3 is 10.5 Å². The first-order valence-electron chi connectivity index (χ1n) is 6.24. The molecule has 5 nitrogen and oxygen atoms in total. The molecule has 0 spiro atoms. The van der Waals surface area contributed by atoms with E-state index in [2.05, 4.69) is 11.8 Å². The average molecular weight is 264 g/mol. The maximum absolute atomic E-state index is 11.6. The predicted octanol–water partition coefficient (Wildman–Crippen LogP) is -0.141. The summed E-state index contributed by atoms with van der Waals surface area (Å²) < 4.78 is 28.8. The fraction of sp³-hybridized carbons (Fsp3) is 1.00. The molecule has 17 heavy (non-hydrogen) atoms. The van der Waals surface area contributed by atoms with Gasteiger partial charge in [0.05, 0.1) is 18.5 Å². The van der Waals surface area contributed by atoms with Crippen molar-refractivity contribution in [3.05, 3.63) is 0 Å². The van der Waals surface area contributed by atoms with E-state index in [4.69, 9.17) is 10.5 Å². The van der Waals surface area contributed by atoms with Crippen molar-refractivity contribution in [2.24, 2.45) is 5.73 Å². The van der Waals surface area contributed by atoms with E-state index in [0.29, 0.717) is 26.1 Å². The molecule has 0 saturated carbocycles. The first-order chi connectivity index (χ1) is 7.98. The van der Waals surface area contributed by atoms with Gasteiger partial charge in [-0.25, -0.2) is 8.42 Å². The Bertz CT molecular complexity index is 319. The van der Waals surface area contributed by atoms with E-state index < -0.39 is 9.84 Å². The van der Waals surface area contributed by atoms with Gasteiger partial charge in [0.2, 0.25) is 0 Å². The SMILES string of the molecule is CCCS(=O)(=O)CCN1CC(CN)OCC1C. The molecular formula is C11H24N2O3S. The third-order valence-corrected chi connectivity index (χ3v) is 4.94. The van der Waals surface area contributed by atoms with Gasteiger partial charge in [-0.1, -0.05) is 6.92 Å². The van der Waals surface area contributed by atoms with Crippen LogP contribution in [0.1, 0.15) is 20.3 Å². The number of ether oxygens (including phenoxy) is 1. The molecule has 1 rings (SSSR count). The minimum Gasteiger partial charge on any atom is -0.374 e. The van der Waals surface area contributed by atoms with Crippen LogP contribution in [-0.4, -0.2) is 63.2 Å². The van der Waals surface area contributed by atoms with E-state index in [-0.39, 0.29) is 23.7 Å². The van der Waals surface area contributed by atoms with Crippen LogP contribution in [0.25, 0.3) is 0 Å². The summed E-state index contributed by atoms with van der Waals surface area (Å²) in [6, 6.07) is 0.273. The van der Waals surface area contributed by atoms with Gasteiger partial charge >= 0.3 is 0 Å². The molecule has 1 aliphatic rings. The Kier molecular flexibility index (Phi) is 5.85. The topological polar surface area (TPSA) is 72.6 Å². The Labute approximate surface area is 104 Å². The number of nitrogens with zero attached hydrogens (tertiary/aromatic N) is 1. The molecule has 2 unspecified atom stereocenters. The zero-order valence-corrected chi connectivity index (χ0v) is 11.6. The Balaban J connectivity index is 2.44. The van der Waals surface area contributed by atoms with E-state index in [1.165, 1.54) is 0 Å². The van der Waals surface area contributed by atoms with E-state index in [1.54, 1.807) is 0 Å². The van der Waals surface area contributed by atoms with Crippen LogP contribution in [0.4, 0.5) is 0 Å². The maximum atomic E-state index is 11.6. The largest absolute Gasteiger partial charge is 0.374 e. The zero-order chi connectivity index (χ0) is 12.9. The van der Waals surface area contributed by atoms with E-state index in [9.17, 15) is 8.42 Å². The summed E-state index contributed by atoms with van der Waals surface area (Å²) in [6.07, 6.45) is 0.729. The highest BCUT2D eigenvalue weighted by molar-refractivity contribution is 7.91. The van der Waals surface area contributed by atoms with Gasteiger partial charge in [-0.15, -0.1) is 0 Å². The lowest BCUT2D eigenvalue weighted by molar-refractivity contribution is -0.0511. The van der Waals surface area contributed by atoms with Crippen molar-refractivity contribution in [1.82, 2.24) is 4.90 Å². The Morgan fingerprint density at radius 3 is 2.71 bits per heavy atom. The van der Waals surface area contributed by atoms with Crippen molar-refractivity contribution in [3.63, 3.8) is 0 Å². The number of morpholine rings is 1. The van der Waals surface area contributed by atoms with Crippen LogP contribution in [0.3, 0.4) is 0 Å². The number of sulfone groups is 1. The summed E-state index contributed by atoms with van der Waals surface area (Å²) in [5.41, 5.74) is 5.57. The van der Waals surface area contributed by atoms with Gasteiger partial charge in [-0.3, -0.25) is 4.90 Å². The van der Waals surface area contributed by atoms with Gasteiger partial charge in [0.25, 0.3) is 0 Å². The number of hydrogen-bond acceptors (Lipinski definition) is 5. The second-order valence-corrected chi connectivity index (χ2v) is 6.99. The van der Waals surface area contributed by atoms with Crippen LogP contribution < -0.4 is 5.73 Å². The van der Waals surface area contributed by atoms with Gasteiger partial charge in [0, 0.05) is 31.4 Å². The van der Waals surface area contributed by atoms with Crippen LogP contribution in [0.15, 0.2) is 0 Å². The first-order valence-corrected chi connectivity index (χ1v) is 8.06. The molecule has 1 saturated heterocycles. The zero-order valence-electron chi connectivity index (χ0n) is 10.8. The second kappa shape index (κ2) is 6.68. The smallest absolute Gasteiger partial charge is 0.151 e. The first kappa shape index (κ1) is 14.9. The average Bonchev–Trinajstić information content (AvgIpc) is 2.28. The van der Waals surface area contributed by atoms with Crippen molar-refractivity contribution >= 4 is 9.84 Å². The van der Waals surface area contributed by atoms with Crippen molar-refractivity contribution in [1.29, 1.82) is 0 Å². The summed E-state index contributed by atoms with van der Waals surface area (Å²) in [5, 5.41) is 0. The highest BCUT2D eigenvalue weighted by Gasteiger charge is 2.26.